The van der Waals surface area contributed by atoms with Gasteiger partial charge in [0.1, 0.15) is 11.5 Å². The first kappa shape index (κ1) is 16.6. The fourth-order valence-corrected chi connectivity index (χ4v) is 3.20. The molecule has 2 saturated heterocycles. The van der Waals surface area contributed by atoms with Gasteiger partial charge in [0.15, 0.2) is 5.96 Å². The summed E-state index contributed by atoms with van der Waals surface area (Å²) < 4.78 is 11.4. The maximum atomic E-state index is 5.86. The number of nitrogens with zero attached hydrogens (tertiary/aromatic N) is 1. The first-order chi connectivity index (χ1) is 9.65. The molecule has 2 fully saturated rings. The number of nitrogens with one attached hydrogen (secondary N) is 2. The fourth-order valence-electron chi connectivity index (χ4n) is 3.20. The van der Waals surface area contributed by atoms with E-state index < -0.39 is 0 Å². The van der Waals surface area contributed by atoms with Crippen LogP contribution in [-0.4, -0.2) is 31.3 Å². The molecule has 0 saturated carbocycles. The molecule has 2 aliphatic heterocycles. The quantitative estimate of drug-likeness (QED) is 0.461. The zero-order valence-electron chi connectivity index (χ0n) is 12.8. The Labute approximate surface area is 142 Å². The molecule has 2 aliphatic rings. The number of hydrogen-bond donors (Lipinski definition) is 2. The van der Waals surface area contributed by atoms with Crippen LogP contribution in [0, 0.1) is 13.8 Å². The van der Waals surface area contributed by atoms with Crippen LogP contribution in [0.2, 0.25) is 0 Å². The van der Waals surface area contributed by atoms with Gasteiger partial charge in [-0.2, -0.15) is 0 Å². The zero-order chi connectivity index (χ0) is 14.1. The summed E-state index contributed by atoms with van der Waals surface area (Å²) in [5.41, 5.74) is 1.18. The van der Waals surface area contributed by atoms with Crippen LogP contribution in [0.4, 0.5) is 0 Å². The predicted octanol–water partition coefficient (Wildman–Crippen LogP) is 2.50. The number of hydrogen-bond acceptors (Lipinski definition) is 3. The Bertz CT molecular complexity index is 515. The molecule has 2 bridgehead atoms. The first-order valence-corrected chi connectivity index (χ1v) is 7.34. The minimum atomic E-state index is 0. The number of fused-ring (bicyclic) bond motifs is 2. The molecule has 6 heteroatoms. The average Bonchev–Trinajstić information content (AvgIpc) is 3.10. The summed E-state index contributed by atoms with van der Waals surface area (Å²) in [5, 5.41) is 6.83. The van der Waals surface area contributed by atoms with E-state index in [-0.39, 0.29) is 24.0 Å². The zero-order valence-corrected chi connectivity index (χ0v) is 15.1. The molecule has 5 nitrogen and oxygen atoms in total. The van der Waals surface area contributed by atoms with E-state index in [0.29, 0.717) is 18.2 Å². The Balaban J connectivity index is 0.00000161. The van der Waals surface area contributed by atoms with Gasteiger partial charge in [0.05, 0.1) is 18.2 Å². The molecule has 3 atom stereocenters. The van der Waals surface area contributed by atoms with Crippen molar-refractivity contribution in [2.75, 3.05) is 7.05 Å². The molecule has 0 aromatic carbocycles. The maximum absolute atomic E-state index is 5.86. The van der Waals surface area contributed by atoms with E-state index in [1.807, 2.05) is 13.8 Å². The number of aliphatic imine (C=N–C) groups is 1. The summed E-state index contributed by atoms with van der Waals surface area (Å²) in [7, 11) is 1.80. The van der Waals surface area contributed by atoms with Crippen LogP contribution < -0.4 is 10.6 Å². The monoisotopic (exact) mass is 405 g/mol. The van der Waals surface area contributed by atoms with E-state index in [1.165, 1.54) is 18.4 Å². The minimum Gasteiger partial charge on any atom is -0.466 e. The molecule has 118 valence electrons. The molecule has 2 N–H and O–H groups in total. The number of furan rings is 1. The van der Waals surface area contributed by atoms with Gasteiger partial charge in [-0.25, -0.2) is 0 Å². The number of halogens is 1. The van der Waals surface area contributed by atoms with Crippen molar-refractivity contribution in [2.45, 2.75) is 57.9 Å². The van der Waals surface area contributed by atoms with Gasteiger partial charge < -0.3 is 19.8 Å². The number of rotatable bonds is 3. The lowest BCUT2D eigenvalue weighted by atomic mass is 9.96. The largest absolute Gasteiger partial charge is 0.466 e. The van der Waals surface area contributed by atoms with Crippen LogP contribution in [0.3, 0.4) is 0 Å². The molecular weight excluding hydrogens is 381 g/mol. The van der Waals surface area contributed by atoms with Crippen molar-refractivity contribution in [1.29, 1.82) is 0 Å². The van der Waals surface area contributed by atoms with Crippen molar-refractivity contribution >= 4 is 29.9 Å². The van der Waals surface area contributed by atoms with Crippen molar-refractivity contribution in [3.63, 3.8) is 0 Å². The highest BCUT2D eigenvalue weighted by Crippen LogP contribution is 2.34. The second kappa shape index (κ2) is 7.00. The van der Waals surface area contributed by atoms with Gasteiger partial charge in [-0.15, -0.1) is 24.0 Å². The standard InChI is InChI=1S/C15H23N3O2.HI/c1-9-6-11(10(2)19-9)8-17-15(16-3)18-13-7-12-4-5-14(13)20-12;/h6,12-14H,4-5,7-8H2,1-3H3,(H2,16,17,18);1H. The molecule has 3 heterocycles. The van der Waals surface area contributed by atoms with Crippen LogP contribution in [0.15, 0.2) is 15.5 Å². The van der Waals surface area contributed by atoms with Crippen molar-refractivity contribution in [1.82, 2.24) is 10.6 Å². The SMILES string of the molecule is CN=C(NCc1cc(C)oc1C)NC1CC2CCC1O2.I. The Hall–Kier alpha value is -0.760. The highest BCUT2D eigenvalue weighted by atomic mass is 127. The predicted molar refractivity (Wildman–Crippen MR) is 93.2 cm³/mol. The Morgan fingerprint density at radius 1 is 1.38 bits per heavy atom. The topological polar surface area (TPSA) is 58.8 Å². The van der Waals surface area contributed by atoms with E-state index in [4.69, 9.17) is 9.15 Å². The summed E-state index contributed by atoms with van der Waals surface area (Å²) in [4.78, 5) is 4.29. The van der Waals surface area contributed by atoms with Crippen molar-refractivity contribution in [2.24, 2.45) is 4.99 Å². The summed E-state index contributed by atoms with van der Waals surface area (Å²) in [6.45, 7) is 4.69. The molecular formula is C15H24IN3O2. The van der Waals surface area contributed by atoms with Gasteiger partial charge in [-0.3, -0.25) is 4.99 Å². The molecule has 1 aromatic rings. The average molecular weight is 405 g/mol. The van der Waals surface area contributed by atoms with Crippen molar-refractivity contribution in [3.8, 4) is 0 Å². The smallest absolute Gasteiger partial charge is 0.191 e. The van der Waals surface area contributed by atoms with Gasteiger partial charge in [0, 0.05) is 19.2 Å². The Kier molecular flexibility index (Phi) is 5.54. The third-order valence-corrected chi connectivity index (χ3v) is 4.24. The van der Waals surface area contributed by atoms with Crippen LogP contribution in [0.25, 0.3) is 0 Å². The molecule has 21 heavy (non-hydrogen) atoms. The summed E-state index contributed by atoms with van der Waals surface area (Å²) in [5.74, 6) is 2.75. The lowest BCUT2D eigenvalue weighted by molar-refractivity contribution is 0.0992. The maximum Gasteiger partial charge on any atom is 0.191 e. The van der Waals surface area contributed by atoms with E-state index in [0.717, 1.165) is 30.4 Å². The molecule has 0 spiro atoms. The highest BCUT2D eigenvalue weighted by molar-refractivity contribution is 14.0. The van der Waals surface area contributed by atoms with Gasteiger partial charge in [0.25, 0.3) is 0 Å². The minimum absolute atomic E-state index is 0. The van der Waals surface area contributed by atoms with E-state index in [2.05, 4.69) is 21.7 Å². The first-order valence-electron chi connectivity index (χ1n) is 7.34. The molecule has 1 aromatic heterocycles. The third-order valence-electron chi connectivity index (χ3n) is 4.24. The molecule has 0 amide bonds. The number of guanidine groups is 1. The molecule has 0 radical (unpaired) electrons. The van der Waals surface area contributed by atoms with Crippen LogP contribution in [0.1, 0.15) is 36.3 Å². The van der Waals surface area contributed by atoms with E-state index >= 15 is 0 Å². The van der Waals surface area contributed by atoms with E-state index in [1.54, 1.807) is 7.05 Å². The van der Waals surface area contributed by atoms with Crippen LogP contribution >= 0.6 is 24.0 Å². The van der Waals surface area contributed by atoms with Crippen molar-refractivity contribution in [3.05, 3.63) is 23.2 Å². The van der Waals surface area contributed by atoms with Gasteiger partial charge in [-0.1, -0.05) is 0 Å². The van der Waals surface area contributed by atoms with Gasteiger partial charge in [0.2, 0.25) is 0 Å². The lowest BCUT2D eigenvalue weighted by Gasteiger charge is -2.22. The summed E-state index contributed by atoms with van der Waals surface area (Å²) in [6.07, 6.45) is 4.28. The Morgan fingerprint density at radius 3 is 2.71 bits per heavy atom. The lowest BCUT2D eigenvalue weighted by Crippen LogP contribution is -2.47. The van der Waals surface area contributed by atoms with Crippen LogP contribution in [-0.2, 0) is 11.3 Å². The van der Waals surface area contributed by atoms with Gasteiger partial charge in [-0.05, 0) is 39.2 Å². The highest BCUT2D eigenvalue weighted by Gasteiger charge is 2.41. The normalized spacial score (nSPS) is 27.6. The summed E-state index contributed by atoms with van der Waals surface area (Å²) >= 11 is 0. The van der Waals surface area contributed by atoms with Crippen LogP contribution in [0.5, 0.6) is 0 Å². The Morgan fingerprint density at radius 2 is 2.19 bits per heavy atom. The van der Waals surface area contributed by atoms with E-state index in [9.17, 15) is 0 Å². The fraction of sp³-hybridized carbons (Fsp3) is 0.667. The van der Waals surface area contributed by atoms with Gasteiger partial charge >= 0.3 is 0 Å². The second-order valence-corrected chi connectivity index (χ2v) is 5.72. The number of ether oxygens (including phenoxy) is 1. The second-order valence-electron chi connectivity index (χ2n) is 5.72. The van der Waals surface area contributed by atoms with Crippen molar-refractivity contribution < 1.29 is 9.15 Å². The molecule has 0 aliphatic carbocycles. The molecule has 3 rings (SSSR count). The summed E-state index contributed by atoms with van der Waals surface area (Å²) in [6, 6.07) is 2.46. The third kappa shape index (κ3) is 3.71. The molecule has 3 unspecified atom stereocenters. The number of aryl methyl sites for hydroxylation is 2.